The van der Waals surface area contributed by atoms with Crippen molar-refractivity contribution in [1.29, 1.82) is 0 Å². The molecule has 0 saturated heterocycles. The van der Waals surface area contributed by atoms with E-state index < -0.39 is 8.56 Å². The quantitative estimate of drug-likeness (QED) is 0.603. The lowest BCUT2D eigenvalue weighted by Crippen LogP contribution is -2.69. The Morgan fingerprint density at radius 3 is 1.64 bits per heavy atom. The summed E-state index contributed by atoms with van der Waals surface area (Å²) in [6, 6.07) is 0.589. The summed E-state index contributed by atoms with van der Waals surface area (Å²) in [4.78, 5) is 6.73. The van der Waals surface area contributed by atoms with Crippen molar-refractivity contribution in [3.63, 3.8) is 0 Å². The minimum atomic E-state index is -1.53. The number of nitrogens with one attached hydrogen (secondary N) is 2. The van der Waals surface area contributed by atoms with Crippen LogP contribution in [0.2, 0.25) is 6.55 Å². The highest BCUT2D eigenvalue weighted by atomic mass is 28.4. The average Bonchev–Trinajstić information content (AvgIpc) is 2.01. The summed E-state index contributed by atoms with van der Waals surface area (Å²) in [6.07, 6.45) is 0. The van der Waals surface area contributed by atoms with Crippen molar-refractivity contribution < 1.29 is 0 Å². The van der Waals surface area contributed by atoms with E-state index in [1.807, 2.05) is 14.1 Å². The van der Waals surface area contributed by atoms with Crippen molar-refractivity contribution in [2.45, 2.75) is 26.4 Å². The SMILES string of the molecule is CN[Si](C)(NC)N(C)C(C)C. The summed E-state index contributed by atoms with van der Waals surface area (Å²) >= 11 is 0. The molecular weight excluding hydrogens is 154 g/mol. The Hall–Kier alpha value is 0.0969. The van der Waals surface area contributed by atoms with Gasteiger partial charge in [-0.3, -0.25) is 0 Å². The van der Waals surface area contributed by atoms with Crippen LogP contribution in [0, 0.1) is 0 Å². The third-order valence-electron chi connectivity index (χ3n) is 2.45. The lowest BCUT2D eigenvalue weighted by Gasteiger charge is -2.37. The molecule has 0 aromatic heterocycles. The van der Waals surface area contributed by atoms with Crippen molar-refractivity contribution in [2.75, 3.05) is 21.1 Å². The van der Waals surface area contributed by atoms with Gasteiger partial charge in [0.1, 0.15) is 0 Å². The van der Waals surface area contributed by atoms with Crippen LogP contribution in [-0.2, 0) is 0 Å². The normalized spacial score (nSPS) is 13.1. The van der Waals surface area contributed by atoms with Crippen LogP contribution in [-0.4, -0.2) is 40.3 Å². The maximum absolute atomic E-state index is 3.36. The summed E-state index contributed by atoms with van der Waals surface area (Å²) in [7, 11) is 4.66. The molecule has 0 radical (unpaired) electrons. The Labute approximate surface area is 71.4 Å². The maximum Gasteiger partial charge on any atom is 0.280 e. The molecule has 0 fully saturated rings. The standard InChI is InChI=1S/C7H21N3Si/c1-7(2)10(5)11(6,8-3)9-4/h7-9H,1-6H3. The Bertz CT molecular complexity index is 112. The second kappa shape index (κ2) is 4.20. The van der Waals surface area contributed by atoms with Gasteiger partial charge in [0, 0.05) is 0 Å². The third kappa shape index (κ3) is 2.55. The summed E-state index contributed by atoms with van der Waals surface area (Å²) in [5.41, 5.74) is 0. The topological polar surface area (TPSA) is 27.3 Å². The molecule has 2 N–H and O–H groups in total. The van der Waals surface area contributed by atoms with Gasteiger partial charge in [0.2, 0.25) is 0 Å². The van der Waals surface area contributed by atoms with Crippen LogP contribution >= 0.6 is 0 Å². The van der Waals surface area contributed by atoms with E-state index in [9.17, 15) is 0 Å². The van der Waals surface area contributed by atoms with Gasteiger partial charge in [0.15, 0.2) is 0 Å². The molecule has 0 spiro atoms. The molecule has 0 amide bonds. The first kappa shape index (κ1) is 11.1. The molecule has 0 atom stereocenters. The Morgan fingerprint density at radius 1 is 1.18 bits per heavy atom. The molecule has 4 heteroatoms. The molecule has 0 saturated carbocycles. The molecule has 68 valence electrons. The predicted octanol–water partition coefficient (Wildman–Crippen LogP) is 0.334. The maximum atomic E-state index is 3.36. The number of nitrogens with zero attached hydrogens (tertiary/aromatic N) is 1. The molecular formula is C7H21N3Si. The third-order valence-corrected chi connectivity index (χ3v) is 6.33. The second-order valence-electron chi connectivity index (χ2n) is 3.28. The fraction of sp³-hybridized carbons (Fsp3) is 1.00. The van der Waals surface area contributed by atoms with E-state index in [2.05, 4.69) is 42.0 Å². The van der Waals surface area contributed by atoms with Gasteiger partial charge in [-0.2, -0.15) is 0 Å². The Morgan fingerprint density at radius 2 is 1.55 bits per heavy atom. The van der Waals surface area contributed by atoms with E-state index in [4.69, 9.17) is 0 Å². The van der Waals surface area contributed by atoms with Gasteiger partial charge in [0.25, 0.3) is 8.56 Å². The Balaban J connectivity index is 4.24. The zero-order valence-electron chi connectivity index (χ0n) is 8.52. The molecule has 0 aliphatic rings. The van der Waals surface area contributed by atoms with Crippen molar-refractivity contribution >= 4 is 8.56 Å². The number of hydrogen-bond acceptors (Lipinski definition) is 3. The zero-order chi connectivity index (χ0) is 9.07. The molecule has 0 aliphatic carbocycles. The van der Waals surface area contributed by atoms with E-state index in [-0.39, 0.29) is 0 Å². The minimum Gasteiger partial charge on any atom is -0.316 e. The molecule has 0 aromatic carbocycles. The highest BCUT2D eigenvalue weighted by Crippen LogP contribution is 2.03. The minimum absolute atomic E-state index is 0.589. The number of hydrogen-bond donors (Lipinski definition) is 2. The molecule has 0 bridgehead atoms. The smallest absolute Gasteiger partial charge is 0.280 e. The zero-order valence-corrected chi connectivity index (χ0v) is 9.52. The summed E-state index contributed by atoms with van der Waals surface area (Å²) in [5, 5.41) is 0. The average molecular weight is 175 g/mol. The van der Waals surface area contributed by atoms with Crippen LogP contribution in [0.25, 0.3) is 0 Å². The van der Waals surface area contributed by atoms with E-state index in [1.165, 1.54) is 0 Å². The van der Waals surface area contributed by atoms with Crippen LogP contribution in [0.15, 0.2) is 0 Å². The van der Waals surface area contributed by atoms with Crippen molar-refractivity contribution in [1.82, 2.24) is 14.5 Å². The van der Waals surface area contributed by atoms with Crippen LogP contribution in [0.1, 0.15) is 13.8 Å². The molecule has 11 heavy (non-hydrogen) atoms. The lowest BCUT2D eigenvalue weighted by molar-refractivity contribution is 0.400. The largest absolute Gasteiger partial charge is 0.316 e. The molecule has 0 aromatic rings. The van der Waals surface area contributed by atoms with Gasteiger partial charge in [0.05, 0.1) is 0 Å². The van der Waals surface area contributed by atoms with E-state index in [1.54, 1.807) is 0 Å². The van der Waals surface area contributed by atoms with Crippen molar-refractivity contribution in [3.8, 4) is 0 Å². The molecule has 0 aliphatic heterocycles. The number of rotatable bonds is 4. The van der Waals surface area contributed by atoms with E-state index in [0.717, 1.165) is 0 Å². The van der Waals surface area contributed by atoms with Crippen LogP contribution in [0.3, 0.4) is 0 Å². The summed E-state index contributed by atoms with van der Waals surface area (Å²) in [6.45, 7) is 6.67. The van der Waals surface area contributed by atoms with Gasteiger partial charge in [-0.25, -0.2) is 0 Å². The molecule has 3 nitrogen and oxygen atoms in total. The fourth-order valence-electron chi connectivity index (χ4n) is 0.994. The first-order chi connectivity index (χ1) is 4.98. The lowest BCUT2D eigenvalue weighted by atomic mass is 10.4. The van der Waals surface area contributed by atoms with Crippen LogP contribution in [0.4, 0.5) is 0 Å². The van der Waals surface area contributed by atoms with Gasteiger partial charge < -0.3 is 14.5 Å². The van der Waals surface area contributed by atoms with E-state index >= 15 is 0 Å². The van der Waals surface area contributed by atoms with Crippen molar-refractivity contribution in [2.24, 2.45) is 0 Å². The summed E-state index contributed by atoms with van der Waals surface area (Å²) < 4.78 is 2.38. The molecule has 0 rings (SSSR count). The van der Waals surface area contributed by atoms with Gasteiger partial charge >= 0.3 is 0 Å². The first-order valence-electron chi connectivity index (χ1n) is 4.08. The molecule has 0 heterocycles. The first-order valence-corrected chi connectivity index (χ1v) is 6.53. The highest BCUT2D eigenvalue weighted by Gasteiger charge is 2.31. The second-order valence-corrected chi connectivity index (χ2v) is 7.13. The summed E-state index contributed by atoms with van der Waals surface area (Å²) in [5.74, 6) is 0. The van der Waals surface area contributed by atoms with Gasteiger partial charge in [-0.15, -0.1) is 0 Å². The van der Waals surface area contributed by atoms with Gasteiger partial charge in [-0.05, 0) is 33.7 Å². The van der Waals surface area contributed by atoms with Crippen LogP contribution < -0.4 is 9.96 Å². The highest BCUT2D eigenvalue weighted by molar-refractivity contribution is 6.70. The van der Waals surface area contributed by atoms with Gasteiger partial charge in [-0.1, -0.05) is 13.8 Å². The van der Waals surface area contributed by atoms with Crippen molar-refractivity contribution in [3.05, 3.63) is 0 Å². The molecule has 0 unspecified atom stereocenters. The Kier molecular flexibility index (Phi) is 4.24. The fourth-order valence-corrected chi connectivity index (χ4v) is 2.98. The predicted molar refractivity (Wildman–Crippen MR) is 52.6 cm³/mol. The van der Waals surface area contributed by atoms with E-state index in [0.29, 0.717) is 6.04 Å². The monoisotopic (exact) mass is 175 g/mol. The van der Waals surface area contributed by atoms with Crippen LogP contribution in [0.5, 0.6) is 0 Å².